The summed E-state index contributed by atoms with van der Waals surface area (Å²) in [5, 5.41) is 3.01. The van der Waals surface area contributed by atoms with Crippen LogP contribution in [0.25, 0.3) is 11.0 Å². The third-order valence-electron chi connectivity index (χ3n) is 3.72. The summed E-state index contributed by atoms with van der Waals surface area (Å²) in [5.41, 5.74) is 3.34. The van der Waals surface area contributed by atoms with Crippen LogP contribution in [-0.4, -0.2) is 22.5 Å². The molecule has 5 nitrogen and oxygen atoms in total. The standard InChI is InChI=1S/C18H19N3O2/c1-3-23-15-7-4-13(5-8-15)12(2)21-18(22)14-6-9-16-17(10-14)20-11-19-16/h4-12H,3H2,1-2H3,(H,19,20)(H,21,22). The summed E-state index contributed by atoms with van der Waals surface area (Å²) in [6.07, 6.45) is 1.62. The van der Waals surface area contributed by atoms with Gasteiger partial charge in [-0.25, -0.2) is 4.98 Å². The van der Waals surface area contributed by atoms with Crippen LogP contribution in [0, 0.1) is 0 Å². The van der Waals surface area contributed by atoms with E-state index in [4.69, 9.17) is 4.74 Å². The minimum absolute atomic E-state index is 0.0874. The summed E-state index contributed by atoms with van der Waals surface area (Å²) in [6, 6.07) is 13.1. The first-order valence-corrected chi connectivity index (χ1v) is 7.64. The van der Waals surface area contributed by atoms with E-state index in [9.17, 15) is 4.79 Å². The van der Waals surface area contributed by atoms with Crippen molar-refractivity contribution < 1.29 is 9.53 Å². The lowest BCUT2D eigenvalue weighted by Crippen LogP contribution is -2.26. The lowest BCUT2D eigenvalue weighted by atomic mass is 10.1. The molecule has 1 atom stereocenters. The zero-order chi connectivity index (χ0) is 16.2. The summed E-state index contributed by atoms with van der Waals surface area (Å²) < 4.78 is 5.43. The average Bonchev–Trinajstić information content (AvgIpc) is 3.03. The van der Waals surface area contributed by atoms with Gasteiger partial charge in [-0.2, -0.15) is 0 Å². The number of fused-ring (bicyclic) bond motifs is 1. The highest BCUT2D eigenvalue weighted by atomic mass is 16.5. The molecule has 0 radical (unpaired) electrons. The number of carbonyl (C=O) groups is 1. The van der Waals surface area contributed by atoms with Crippen molar-refractivity contribution in [3.63, 3.8) is 0 Å². The van der Waals surface area contributed by atoms with E-state index in [0.717, 1.165) is 22.3 Å². The van der Waals surface area contributed by atoms with Gasteiger partial charge in [-0.3, -0.25) is 4.79 Å². The molecule has 3 rings (SSSR count). The van der Waals surface area contributed by atoms with Crippen LogP contribution in [0.3, 0.4) is 0 Å². The van der Waals surface area contributed by atoms with Crippen molar-refractivity contribution >= 4 is 16.9 Å². The van der Waals surface area contributed by atoms with Gasteiger partial charge in [0.25, 0.3) is 5.91 Å². The van der Waals surface area contributed by atoms with Crippen LogP contribution < -0.4 is 10.1 Å². The Hall–Kier alpha value is -2.82. The van der Waals surface area contributed by atoms with Gasteiger partial charge in [0.2, 0.25) is 0 Å². The number of aromatic amines is 1. The molecule has 2 aromatic carbocycles. The van der Waals surface area contributed by atoms with Crippen LogP contribution in [-0.2, 0) is 0 Å². The van der Waals surface area contributed by atoms with E-state index in [-0.39, 0.29) is 11.9 Å². The van der Waals surface area contributed by atoms with E-state index in [1.165, 1.54) is 0 Å². The first-order valence-electron chi connectivity index (χ1n) is 7.64. The Bertz CT molecular complexity index is 809. The quantitative estimate of drug-likeness (QED) is 0.758. The number of hydrogen-bond donors (Lipinski definition) is 2. The Morgan fingerprint density at radius 2 is 2.04 bits per heavy atom. The SMILES string of the molecule is CCOc1ccc(C(C)NC(=O)c2ccc3nc[nH]c3c2)cc1. The minimum Gasteiger partial charge on any atom is -0.494 e. The van der Waals surface area contributed by atoms with Crippen molar-refractivity contribution in [2.45, 2.75) is 19.9 Å². The Morgan fingerprint density at radius 1 is 1.26 bits per heavy atom. The monoisotopic (exact) mass is 309 g/mol. The highest BCUT2D eigenvalue weighted by Gasteiger charge is 2.12. The Kier molecular flexibility index (Phi) is 4.28. The predicted molar refractivity (Wildman–Crippen MR) is 89.6 cm³/mol. The van der Waals surface area contributed by atoms with Crippen molar-refractivity contribution in [3.05, 3.63) is 59.9 Å². The smallest absolute Gasteiger partial charge is 0.251 e. The first kappa shape index (κ1) is 15.1. The summed E-state index contributed by atoms with van der Waals surface area (Å²) in [6.45, 7) is 4.55. The Balaban J connectivity index is 1.70. The van der Waals surface area contributed by atoms with Crippen molar-refractivity contribution in [1.29, 1.82) is 0 Å². The van der Waals surface area contributed by atoms with Crippen LogP contribution in [0.4, 0.5) is 0 Å². The molecule has 1 heterocycles. The zero-order valence-electron chi connectivity index (χ0n) is 13.2. The maximum atomic E-state index is 12.4. The van der Waals surface area contributed by atoms with E-state index in [1.54, 1.807) is 12.4 Å². The minimum atomic E-state index is -0.108. The van der Waals surface area contributed by atoms with E-state index in [2.05, 4.69) is 15.3 Å². The first-order chi connectivity index (χ1) is 11.2. The number of H-pyrrole nitrogens is 1. The van der Waals surface area contributed by atoms with Crippen LogP contribution >= 0.6 is 0 Å². The van der Waals surface area contributed by atoms with Gasteiger partial charge in [-0.15, -0.1) is 0 Å². The summed E-state index contributed by atoms with van der Waals surface area (Å²) in [5.74, 6) is 0.724. The second-order valence-corrected chi connectivity index (χ2v) is 5.33. The molecular formula is C18H19N3O2. The van der Waals surface area contributed by atoms with Crippen molar-refractivity contribution in [2.75, 3.05) is 6.61 Å². The molecule has 23 heavy (non-hydrogen) atoms. The number of carbonyl (C=O) groups excluding carboxylic acids is 1. The van der Waals surface area contributed by atoms with E-state index < -0.39 is 0 Å². The van der Waals surface area contributed by atoms with Gasteiger partial charge in [0.05, 0.1) is 30.0 Å². The van der Waals surface area contributed by atoms with Crippen molar-refractivity contribution in [2.24, 2.45) is 0 Å². The molecular weight excluding hydrogens is 290 g/mol. The van der Waals surface area contributed by atoms with Crippen LogP contribution in [0.2, 0.25) is 0 Å². The van der Waals surface area contributed by atoms with E-state index in [0.29, 0.717) is 12.2 Å². The van der Waals surface area contributed by atoms with Gasteiger partial charge in [0.15, 0.2) is 0 Å². The predicted octanol–water partition coefficient (Wildman–Crippen LogP) is 3.45. The van der Waals surface area contributed by atoms with Crippen molar-refractivity contribution in [3.8, 4) is 5.75 Å². The lowest BCUT2D eigenvalue weighted by molar-refractivity contribution is 0.0940. The molecule has 0 aliphatic rings. The topological polar surface area (TPSA) is 67.0 Å². The molecule has 2 N–H and O–H groups in total. The molecule has 1 aromatic heterocycles. The van der Waals surface area contributed by atoms with Crippen LogP contribution in [0.5, 0.6) is 5.75 Å². The molecule has 0 saturated carbocycles. The highest BCUT2D eigenvalue weighted by molar-refractivity contribution is 5.97. The third kappa shape index (κ3) is 3.34. The number of aromatic nitrogens is 2. The molecule has 0 spiro atoms. The fourth-order valence-electron chi connectivity index (χ4n) is 2.46. The van der Waals surface area contributed by atoms with Gasteiger partial charge in [0.1, 0.15) is 5.75 Å². The van der Waals surface area contributed by atoms with Crippen LogP contribution in [0.15, 0.2) is 48.8 Å². The molecule has 118 valence electrons. The zero-order valence-corrected chi connectivity index (χ0v) is 13.2. The summed E-state index contributed by atoms with van der Waals surface area (Å²) >= 11 is 0. The Labute approximate surface area is 134 Å². The number of nitrogens with zero attached hydrogens (tertiary/aromatic N) is 1. The molecule has 5 heteroatoms. The van der Waals surface area contributed by atoms with E-state index >= 15 is 0 Å². The molecule has 0 bridgehead atoms. The number of ether oxygens (including phenoxy) is 1. The number of hydrogen-bond acceptors (Lipinski definition) is 3. The molecule has 3 aromatic rings. The highest BCUT2D eigenvalue weighted by Crippen LogP contribution is 2.18. The number of nitrogens with one attached hydrogen (secondary N) is 2. The fraction of sp³-hybridized carbons (Fsp3) is 0.222. The van der Waals surface area contributed by atoms with E-state index in [1.807, 2.05) is 50.2 Å². The maximum Gasteiger partial charge on any atom is 0.251 e. The van der Waals surface area contributed by atoms with Crippen LogP contribution in [0.1, 0.15) is 35.8 Å². The summed E-state index contributed by atoms with van der Waals surface area (Å²) in [4.78, 5) is 19.6. The average molecular weight is 309 g/mol. The number of rotatable bonds is 5. The van der Waals surface area contributed by atoms with Gasteiger partial charge in [0, 0.05) is 5.56 Å². The normalized spacial score (nSPS) is 12.1. The van der Waals surface area contributed by atoms with Gasteiger partial charge < -0.3 is 15.0 Å². The molecule has 1 unspecified atom stereocenters. The fourth-order valence-corrected chi connectivity index (χ4v) is 2.46. The third-order valence-corrected chi connectivity index (χ3v) is 3.72. The summed E-state index contributed by atoms with van der Waals surface area (Å²) in [7, 11) is 0. The van der Waals surface area contributed by atoms with Gasteiger partial charge in [-0.1, -0.05) is 12.1 Å². The molecule has 1 amide bonds. The molecule has 0 fully saturated rings. The molecule has 0 aliphatic carbocycles. The number of amides is 1. The second-order valence-electron chi connectivity index (χ2n) is 5.33. The van der Waals surface area contributed by atoms with Gasteiger partial charge in [-0.05, 0) is 49.7 Å². The van der Waals surface area contributed by atoms with Crippen molar-refractivity contribution in [1.82, 2.24) is 15.3 Å². The molecule has 0 aliphatic heterocycles. The Morgan fingerprint density at radius 3 is 2.78 bits per heavy atom. The number of imidazole rings is 1. The maximum absolute atomic E-state index is 12.4. The largest absolute Gasteiger partial charge is 0.494 e. The second kappa shape index (κ2) is 6.52. The molecule has 0 saturated heterocycles. The number of benzene rings is 2. The van der Waals surface area contributed by atoms with Gasteiger partial charge >= 0.3 is 0 Å². The lowest BCUT2D eigenvalue weighted by Gasteiger charge is -2.15.